The largest absolute Gasteiger partial charge is 0.454 e. The summed E-state index contributed by atoms with van der Waals surface area (Å²) in [5.74, 6) is 1.51. The van der Waals surface area contributed by atoms with E-state index in [9.17, 15) is 9.59 Å². The molecule has 2 aromatic rings. The zero-order valence-electron chi connectivity index (χ0n) is 13.8. The van der Waals surface area contributed by atoms with E-state index in [-0.39, 0.29) is 23.6 Å². The third kappa shape index (κ3) is 2.60. The SMILES string of the molecule is CC1(C)CC(=O)c2cc(Cc3ccc4c(c3)OCO4)c(=O)[nH]c2C1. The van der Waals surface area contributed by atoms with Crippen LogP contribution in [0.5, 0.6) is 11.5 Å². The average molecular weight is 325 g/mol. The number of hydrogen-bond donors (Lipinski definition) is 1. The number of nitrogens with one attached hydrogen (secondary N) is 1. The first-order valence-corrected chi connectivity index (χ1v) is 8.08. The van der Waals surface area contributed by atoms with Crippen molar-refractivity contribution >= 4 is 5.78 Å². The summed E-state index contributed by atoms with van der Waals surface area (Å²) in [5.41, 5.74) is 2.73. The van der Waals surface area contributed by atoms with Crippen LogP contribution in [0.3, 0.4) is 0 Å². The third-order valence-corrected chi connectivity index (χ3v) is 4.63. The minimum Gasteiger partial charge on any atom is -0.454 e. The van der Waals surface area contributed by atoms with Crippen LogP contribution in [0.2, 0.25) is 0 Å². The molecular formula is C19H19NO4. The molecule has 5 heteroatoms. The molecule has 1 aromatic carbocycles. The van der Waals surface area contributed by atoms with Crippen LogP contribution in [0, 0.1) is 5.41 Å². The van der Waals surface area contributed by atoms with Gasteiger partial charge < -0.3 is 14.5 Å². The number of pyridine rings is 1. The second-order valence-corrected chi connectivity index (χ2v) is 7.32. The molecule has 0 spiro atoms. The molecule has 2 aliphatic rings. The molecule has 1 aliphatic heterocycles. The summed E-state index contributed by atoms with van der Waals surface area (Å²) in [4.78, 5) is 27.8. The molecule has 0 saturated heterocycles. The van der Waals surface area contributed by atoms with Gasteiger partial charge in [0.25, 0.3) is 5.56 Å². The number of aromatic nitrogens is 1. The molecule has 0 radical (unpaired) electrons. The van der Waals surface area contributed by atoms with Crippen molar-refractivity contribution in [1.82, 2.24) is 4.98 Å². The molecule has 1 N–H and O–H groups in total. The van der Waals surface area contributed by atoms with Crippen LogP contribution in [0.15, 0.2) is 29.1 Å². The molecule has 5 nitrogen and oxygen atoms in total. The van der Waals surface area contributed by atoms with E-state index in [0.29, 0.717) is 36.1 Å². The maximum atomic E-state index is 12.4. The van der Waals surface area contributed by atoms with Gasteiger partial charge in [-0.05, 0) is 35.6 Å². The summed E-state index contributed by atoms with van der Waals surface area (Å²) in [6.07, 6.45) is 1.68. The van der Waals surface area contributed by atoms with Crippen molar-refractivity contribution in [2.75, 3.05) is 6.79 Å². The summed E-state index contributed by atoms with van der Waals surface area (Å²) < 4.78 is 10.7. The summed E-state index contributed by atoms with van der Waals surface area (Å²) in [5, 5.41) is 0. The Kier molecular flexibility index (Phi) is 3.27. The lowest BCUT2D eigenvalue weighted by Crippen LogP contribution is -2.31. The number of hydrogen-bond acceptors (Lipinski definition) is 4. The van der Waals surface area contributed by atoms with E-state index in [1.165, 1.54) is 0 Å². The molecule has 0 saturated carbocycles. The fourth-order valence-corrected chi connectivity index (χ4v) is 3.47. The van der Waals surface area contributed by atoms with Crippen molar-refractivity contribution in [3.63, 3.8) is 0 Å². The van der Waals surface area contributed by atoms with E-state index in [2.05, 4.69) is 4.98 Å². The molecule has 0 bridgehead atoms. The van der Waals surface area contributed by atoms with Gasteiger partial charge in [0.15, 0.2) is 17.3 Å². The number of ketones is 1. The standard InChI is InChI=1S/C19H19NO4/c1-19(2)8-14-13(15(21)9-19)7-12(18(22)20-14)5-11-3-4-16-17(6-11)24-10-23-16/h3-4,6-7H,5,8-10H2,1-2H3,(H,20,22). The smallest absolute Gasteiger partial charge is 0.251 e. The highest BCUT2D eigenvalue weighted by Crippen LogP contribution is 2.35. The molecule has 24 heavy (non-hydrogen) atoms. The molecule has 124 valence electrons. The van der Waals surface area contributed by atoms with Crippen LogP contribution in [-0.2, 0) is 12.8 Å². The monoisotopic (exact) mass is 325 g/mol. The number of carbonyl (C=O) groups excluding carboxylic acids is 1. The first kappa shape index (κ1) is 15.0. The number of ether oxygens (including phenoxy) is 2. The van der Waals surface area contributed by atoms with Crippen molar-refractivity contribution in [3.05, 3.63) is 57.0 Å². The Morgan fingerprint density at radius 3 is 2.71 bits per heavy atom. The van der Waals surface area contributed by atoms with Gasteiger partial charge in [-0.2, -0.15) is 0 Å². The van der Waals surface area contributed by atoms with Gasteiger partial charge in [0, 0.05) is 29.7 Å². The zero-order valence-corrected chi connectivity index (χ0v) is 13.8. The maximum Gasteiger partial charge on any atom is 0.251 e. The van der Waals surface area contributed by atoms with Crippen LogP contribution >= 0.6 is 0 Å². The Hall–Kier alpha value is -2.56. The molecular weight excluding hydrogens is 306 g/mol. The highest BCUT2D eigenvalue weighted by Gasteiger charge is 2.32. The Morgan fingerprint density at radius 2 is 1.88 bits per heavy atom. The Bertz CT molecular complexity index is 895. The molecule has 2 heterocycles. The highest BCUT2D eigenvalue weighted by atomic mass is 16.7. The number of benzene rings is 1. The lowest BCUT2D eigenvalue weighted by Gasteiger charge is -2.29. The van der Waals surface area contributed by atoms with Crippen molar-refractivity contribution in [3.8, 4) is 11.5 Å². The third-order valence-electron chi connectivity index (χ3n) is 4.63. The van der Waals surface area contributed by atoms with Gasteiger partial charge in [-0.25, -0.2) is 0 Å². The summed E-state index contributed by atoms with van der Waals surface area (Å²) in [6, 6.07) is 7.40. The van der Waals surface area contributed by atoms with Crippen molar-refractivity contribution in [2.45, 2.75) is 33.1 Å². The minimum absolute atomic E-state index is 0.101. The summed E-state index contributed by atoms with van der Waals surface area (Å²) in [6.45, 7) is 4.32. The van der Waals surface area contributed by atoms with Gasteiger partial charge in [0.2, 0.25) is 6.79 Å². The van der Waals surface area contributed by atoms with Gasteiger partial charge in [-0.3, -0.25) is 9.59 Å². The Morgan fingerprint density at radius 1 is 1.08 bits per heavy atom. The van der Waals surface area contributed by atoms with E-state index in [0.717, 1.165) is 17.0 Å². The molecule has 1 aliphatic carbocycles. The number of Topliss-reactive ketones (excluding diaryl/α,β-unsaturated/α-hetero) is 1. The van der Waals surface area contributed by atoms with E-state index >= 15 is 0 Å². The Labute approximate surface area is 139 Å². The Balaban J connectivity index is 1.69. The van der Waals surface area contributed by atoms with Crippen molar-refractivity contribution < 1.29 is 14.3 Å². The lowest BCUT2D eigenvalue weighted by molar-refractivity contribution is 0.0910. The molecule has 4 rings (SSSR count). The number of aromatic amines is 1. The van der Waals surface area contributed by atoms with Gasteiger partial charge in [-0.1, -0.05) is 19.9 Å². The number of rotatable bonds is 2. The number of carbonyl (C=O) groups is 1. The van der Waals surface area contributed by atoms with Crippen LogP contribution in [0.1, 0.15) is 47.4 Å². The van der Waals surface area contributed by atoms with Gasteiger partial charge in [0.1, 0.15) is 0 Å². The summed E-state index contributed by atoms with van der Waals surface area (Å²) >= 11 is 0. The maximum absolute atomic E-state index is 12.4. The number of H-pyrrole nitrogens is 1. The second kappa shape index (κ2) is 5.23. The predicted molar refractivity (Wildman–Crippen MR) is 88.9 cm³/mol. The molecule has 0 amide bonds. The lowest BCUT2D eigenvalue weighted by atomic mass is 9.75. The van der Waals surface area contributed by atoms with Crippen LogP contribution in [0.4, 0.5) is 0 Å². The first-order chi connectivity index (χ1) is 11.4. The van der Waals surface area contributed by atoms with E-state index < -0.39 is 0 Å². The van der Waals surface area contributed by atoms with Crippen LogP contribution in [0.25, 0.3) is 0 Å². The van der Waals surface area contributed by atoms with Crippen LogP contribution in [-0.4, -0.2) is 17.6 Å². The topological polar surface area (TPSA) is 68.4 Å². The van der Waals surface area contributed by atoms with Crippen molar-refractivity contribution in [1.29, 1.82) is 0 Å². The highest BCUT2D eigenvalue weighted by molar-refractivity contribution is 5.98. The van der Waals surface area contributed by atoms with Gasteiger partial charge in [-0.15, -0.1) is 0 Å². The fourth-order valence-electron chi connectivity index (χ4n) is 3.47. The minimum atomic E-state index is -0.128. The molecule has 1 aromatic heterocycles. The van der Waals surface area contributed by atoms with Crippen LogP contribution < -0.4 is 15.0 Å². The fraction of sp³-hybridized carbons (Fsp3) is 0.368. The quantitative estimate of drug-likeness (QED) is 0.922. The second-order valence-electron chi connectivity index (χ2n) is 7.32. The average Bonchev–Trinajstić information content (AvgIpc) is 2.95. The summed E-state index contributed by atoms with van der Waals surface area (Å²) in [7, 11) is 0. The predicted octanol–water partition coefficient (Wildman–Crippen LogP) is 2.85. The number of fused-ring (bicyclic) bond motifs is 2. The normalized spacial score (nSPS) is 17.7. The molecule has 0 fully saturated rings. The van der Waals surface area contributed by atoms with E-state index in [1.54, 1.807) is 6.07 Å². The van der Waals surface area contributed by atoms with Gasteiger partial charge in [0.05, 0.1) is 0 Å². The molecule has 0 unspecified atom stereocenters. The van der Waals surface area contributed by atoms with E-state index in [1.807, 2.05) is 32.0 Å². The first-order valence-electron chi connectivity index (χ1n) is 8.08. The van der Waals surface area contributed by atoms with Crippen molar-refractivity contribution in [2.24, 2.45) is 5.41 Å². The van der Waals surface area contributed by atoms with E-state index in [4.69, 9.17) is 9.47 Å². The van der Waals surface area contributed by atoms with Gasteiger partial charge >= 0.3 is 0 Å². The zero-order chi connectivity index (χ0) is 16.9. The molecule has 0 atom stereocenters.